The number of benzene rings is 2. The van der Waals surface area contributed by atoms with Crippen molar-refractivity contribution >= 4 is 29.1 Å². The molecule has 0 atom stereocenters. The van der Waals surface area contributed by atoms with Crippen LogP contribution in [0, 0.1) is 5.82 Å². The lowest BCUT2D eigenvalue weighted by atomic mass is 10.3. The molecule has 2 heterocycles. The first-order chi connectivity index (χ1) is 14.1. The largest absolute Gasteiger partial charge is 0.339 e. The number of hydrogen-bond acceptors (Lipinski definition) is 4. The minimum absolute atomic E-state index is 0.208. The van der Waals surface area contributed by atoms with Crippen LogP contribution < -0.4 is 10.2 Å². The maximum Gasteiger partial charge on any atom is 0.238 e. The topological polar surface area (TPSA) is 53.4 Å². The van der Waals surface area contributed by atoms with Crippen molar-refractivity contribution in [1.29, 1.82) is 0 Å². The summed E-state index contributed by atoms with van der Waals surface area (Å²) in [7, 11) is 0. The van der Waals surface area contributed by atoms with Crippen LogP contribution in [0.4, 0.5) is 16.0 Å². The molecule has 1 amide bonds. The molecule has 1 aliphatic heterocycles. The van der Waals surface area contributed by atoms with Crippen molar-refractivity contribution in [2.24, 2.45) is 0 Å². The molecule has 0 radical (unpaired) electrons. The first kappa shape index (κ1) is 19.4. The van der Waals surface area contributed by atoms with Crippen LogP contribution in [0.5, 0.6) is 0 Å². The van der Waals surface area contributed by atoms with Gasteiger partial charge < -0.3 is 10.2 Å². The van der Waals surface area contributed by atoms with Crippen molar-refractivity contribution in [3.05, 3.63) is 71.8 Å². The van der Waals surface area contributed by atoms with Gasteiger partial charge in [-0.1, -0.05) is 29.8 Å². The highest BCUT2D eigenvalue weighted by Gasteiger charge is 2.22. The monoisotopic (exact) mass is 413 g/mol. The third kappa shape index (κ3) is 4.58. The molecule has 0 saturated carbocycles. The molecule has 29 heavy (non-hydrogen) atoms. The number of nitrogens with zero attached hydrogens (tertiary/aromatic N) is 4. The lowest BCUT2D eigenvalue weighted by molar-refractivity contribution is -0.117. The van der Waals surface area contributed by atoms with E-state index in [0.29, 0.717) is 18.1 Å². The van der Waals surface area contributed by atoms with Crippen molar-refractivity contribution in [3.63, 3.8) is 0 Å². The number of amides is 1. The maximum absolute atomic E-state index is 13.7. The van der Waals surface area contributed by atoms with Gasteiger partial charge in [0.15, 0.2) is 0 Å². The number of carbonyl (C=O) groups is 1. The van der Waals surface area contributed by atoms with Crippen LogP contribution in [-0.4, -0.2) is 53.1 Å². The molecule has 3 aromatic rings. The molecule has 2 aromatic carbocycles. The molecule has 0 unspecified atom stereocenters. The van der Waals surface area contributed by atoms with Crippen LogP contribution in [-0.2, 0) is 4.79 Å². The third-order valence-corrected chi connectivity index (χ3v) is 5.11. The summed E-state index contributed by atoms with van der Waals surface area (Å²) in [5.74, 6) is 0.199. The molecule has 4 rings (SSSR count). The van der Waals surface area contributed by atoms with Gasteiger partial charge >= 0.3 is 0 Å². The van der Waals surface area contributed by atoms with Crippen LogP contribution in [0.25, 0.3) is 5.69 Å². The number of carbonyl (C=O) groups excluding carboxylic acids is 1. The Balaban J connectivity index is 1.35. The first-order valence-corrected chi connectivity index (χ1v) is 9.79. The van der Waals surface area contributed by atoms with Crippen molar-refractivity contribution in [2.45, 2.75) is 0 Å². The predicted octanol–water partition coefficient (Wildman–Crippen LogP) is 3.43. The van der Waals surface area contributed by atoms with Crippen molar-refractivity contribution in [3.8, 4) is 5.69 Å². The molecule has 1 aliphatic rings. The number of aromatic nitrogens is 2. The summed E-state index contributed by atoms with van der Waals surface area (Å²) >= 11 is 6.12. The summed E-state index contributed by atoms with van der Waals surface area (Å²) in [5.41, 5.74) is 1.16. The van der Waals surface area contributed by atoms with Crippen molar-refractivity contribution in [2.75, 3.05) is 42.9 Å². The van der Waals surface area contributed by atoms with Crippen LogP contribution in [0.2, 0.25) is 5.02 Å². The van der Waals surface area contributed by atoms with Crippen LogP contribution in [0.15, 0.2) is 60.9 Å². The SMILES string of the molecule is O=C(CN1CCN(c2nccn2-c2cccc(Cl)c2)CC1)Nc1ccccc1F. The van der Waals surface area contributed by atoms with E-state index in [1.165, 1.54) is 6.07 Å². The number of piperazine rings is 1. The first-order valence-electron chi connectivity index (χ1n) is 9.41. The average Bonchev–Trinajstić information content (AvgIpc) is 3.20. The summed E-state index contributed by atoms with van der Waals surface area (Å²) in [6.45, 7) is 3.14. The summed E-state index contributed by atoms with van der Waals surface area (Å²) in [4.78, 5) is 21.0. The van der Waals surface area contributed by atoms with Gasteiger partial charge in [0, 0.05) is 49.3 Å². The number of rotatable bonds is 5. The van der Waals surface area contributed by atoms with E-state index >= 15 is 0 Å². The number of halogens is 2. The summed E-state index contributed by atoms with van der Waals surface area (Å²) in [6, 6.07) is 13.8. The second-order valence-corrected chi connectivity index (χ2v) is 7.30. The molecular formula is C21H21ClFN5O. The zero-order valence-electron chi connectivity index (χ0n) is 15.8. The van der Waals surface area contributed by atoms with Gasteiger partial charge in [-0.15, -0.1) is 0 Å². The van der Waals surface area contributed by atoms with E-state index < -0.39 is 5.82 Å². The maximum atomic E-state index is 13.7. The Morgan fingerprint density at radius 2 is 1.90 bits per heavy atom. The molecule has 0 spiro atoms. The van der Waals surface area contributed by atoms with Gasteiger partial charge in [0.2, 0.25) is 11.9 Å². The Morgan fingerprint density at radius 1 is 1.10 bits per heavy atom. The van der Waals surface area contributed by atoms with Gasteiger partial charge in [0.25, 0.3) is 0 Å². The standard InChI is InChI=1S/C21H21ClFN5O/c22-16-4-3-5-17(14-16)28-9-8-24-21(28)27-12-10-26(11-13-27)15-20(29)25-19-7-2-1-6-18(19)23/h1-9,14H,10-13,15H2,(H,25,29). The molecule has 150 valence electrons. The fourth-order valence-corrected chi connectivity index (χ4v) is 3.60. The smallest absolute Gasteiger partial charge is 0.238 e. The van der Waals surface area contributed by atoms with E-state index in [4.69, 9.17) is 11.6 Å². The quantitative estimate of drug-likeness (QED) is 0.696. The van der Waals surface area contributed by atoms with E-state index in [9.17, 15) is 9.18 Å². The highest BCUT2D eigenvalue weighted by atomic mass is 35.5. The minimum Gasteiger partial charge on any atom is -0.339 e. The van der Waals surface area contributed by atoms with E-state index in [1.807, 2.05) is 35.0 Å². The Kier molecular flexibility index (Phi) is 5.78. The van der Waals surface area contributed by atoms with Gasteiger partial charge in [0.05, 0.1) is 12.2 Å². The zero-order chi connectivity index (χ0) is 20.2. The fourth-order valence-electron chi connectivity index (χ4n) is 3.42. The number of nitrogens with one attached hydrogen (secondary N) is 1. The molecule has 0 aliphatic carbocycles. The van der Waals surface area contributed by atoms with Gasteiger partial charge in [0.1, 0.15) is 5.82 Å². The third-order valence-electron chi connectivity index (χ3n) is 4.88. The number of para-hydroxylation sites is 1. The molecule has 6 nitrogen and oxygen atoms in total. The second kappa shape index (κ2) is 8.63. The molecule has 1 saturated heterocycles. The number of hydrogen-bond donors (Lipinski definition) is 1. The number of anilines is 2. The molecular weight excluding hydrogens is 393 g/mol. The lowest BCUT2D eigenvalue weighted by Gasteiger charge is -2.35. The Labute approximate surface area is 173 Å². The molecule has 1 aromatic heterocycles. The molecule has 8 heteroatoms. The van der Waals surface area contributed by atoms with Crippen LogP contribution in [0.3, 0.4) is 0 Å². The average molecular weight is 414 g/mol. The Hall–Kier alpha value is -2.90. The van der Waals surface area contributed by atoms with Gasteiger partial charge in [-0.25, -0.2) is 9.37 Å². The minimum atomic E-state index is -0.432. The molecule has 1 fully saturated rings. The molecule has 1 N–H and O–H groups in total. The summed E-state index contributed by atoms with van der Waals surface area (Å²) in [5, 5.41) is 3.31. The fraction of sp³-hybridized carbons (Fsp3) is 0.238. The highest BCUT2D eigenvalue weighted by molar-refractivity contribution is 6.30. The number of imidazole rings is 1. The summed E-state index contributed by atoms with van der Waals surface area (Å²) in [6.07, 6.45) is 3.68. The van der Waals surface area contributed by atoms with Crippen molar-refractivity contribution < 1.29 is 9.18 Å². The predicted molar refractivity (Wildman–Crippen MR) is 112 cm³/mol. The van der Waals surface area contributed by atoms with E-state index in [1.54, 1.807) is 24.4 Å². The lowest BCUT2D eigenvalue weighted by Crippen LogP contribution is -2.49. The normalized spacial score (nSPS) is 14.8. The molecule has 0 bridgehead atoms. The zero-order valence-corrected chi connectivity index (χ0v) is 16.5. The van der Waals surface area contributed by atoms with E-state index in [-0.39, 0.29) is 18.1 Å². The van der Waals surface area contributed by atoms with Gasteiger partial charge in [-0.2, -0.15) is 0 Å². The summed E-state index contributed by atoms with van der Waals surface area (Å²) < 4.78 is 15.7. The second-order valence-electron chi connectivity index (χ2n) is 6.87. The Morgan fingerprint density at radius 3 is 2.66 bits per heavy atom. The van der Waals surface area contributed by atoms with E-state index in [0.717, 1.165) is 24.7 Å². The van der Waals surface area contributed by atoms with Crippen LogP contribution >= 0.6 is 11.6 Å². The highest BCUT2D eigenvalue weighted by Crippen LogP contribution is 2.22. The van der Waals surface area contributed by atoms with Gasteiger partial charge in [-0.05, 0) is 30.3 Å². The Bertz CT molecular complexity index is 1000. The van der Waals surface area contributed by atoms with Crippen LogP contribution in [0.1, 0.15) is 0 Å². The van der Waals surface area contributed by atoms with Crippen molar-refractivity contribution in [1.82, 2.24) is 14.5 Å². The van der Waals surface area contributed by atoms with Gasteiger partial charge in [-0.3, -0.25) is 14.3 Å². The van der Waals surface area contributed by atoms with E-state index in [2.05, 4.69) is 20.1 Å².